The first-order chi connectivity index (χ1) is 14.5. The van der Waals surface area contributed by atoms with Gasteiger partial charge in [0.05, 0.1) is 24.6 Å². The van der Waals surface area contributed by atoms with Crippen molar-refractivity contribution in [2.75, 3.05) is 36.9 Å². The van der Waals surface area contributed by atoms with E-state index in [9.17, 15) is 14.4 Å². The zero-order valence-electron chi connectivity index (χ0n) is 18.5. The maximum Gasteiger partial charge on any atom is 0.412 e. The van der Waals surface area contributed by atoms with E-state index in [4.69, 9.17) is 9.47 Å². The molecule has 0 atom stereocenters. The normalized spacial score (nSPS) is 14.3. The van der Waals surface area contributed by atoms with Gasteiger partial charge in [-0.25, -0.2) is 4.79 Å². The summed E-state index contributed by atoms with van der Waals surface area (Å²) in [5.74, 6) is -0.468. The van der Waals surface area contributed by atoms with E-state index < -0.39 is 11.7 Å². The first-order valence-electron chi connectivity index (χ1n) is 10.0. The van der Waals surface area contributed by atoms with E-state index in [1.54, 1.807) is 73.4 Å². The third kappa shape index (κ3) is 5.66. The van der Waals surface area contributed by atoms with Crippen molar-refractivity contribution in [3.8, 4) is 0 Å². The van der Waals surface area contributed by atoms with E-state index in [2.05, 4.69) is 10.6 Å². The number of aryl methyl sites for hydroxylation is 2. The van der Waals surface area contributed by atoms with Gasteiger partial charge in [0, 0.05) is 39.6 Å². The van der Waals surface area contributed by atoms with Crippen LogP contribution in [0.3, 0.4) is 0 Å². The standard InChI is InChI=1S/C21H29N5O5/c1-21(2,3)31-20(29)23-15-10-16(24(4)13-15)18(27)22-14-11-17(25(5)12-14)19(28)26-6-8-30-9-7-26/h10-13H,6-9H2,1-5H3,(H,22,27)(H,23,29). The lowest BCUT2D eigenvalue weighted by molar-refractivity contribution is 0.0296. The van der Waals surface area contributed by atoms with Crippen molar-refractivity contribution in [2.24, 2.45) is 14.1 Å². The van der Waals surface area contributed by atoms with E-state index >= 15 is 0 Å². The van der Waals surface area contributed by atoms with E-state index in [-0.39, 0.29) is 11.8 Å². The number of rotatable bonds is 4. The Kier molecular flexibility index (Phi) is 6.40. The molecule has 0 unspecified atom stereocenters. The molecule has 2 aromatic rings. The van der Waals surface area contributed by atoms with Crippen LogP contribution in [0.4, 0.5) is 16.2 Å². The van der Waals surface area contributed by atoms with Crippen molar-refractivity contribution >= 4 is 29.3 Å². The third-order valence-electron chi connectivity index (χ3n) is 4.66. The van der Waals surface area contributed by atoms with E-state index in [0.29, 0.717) is 49.1 Å². The second-order valence-corrected chi connectivity index (χ2v) is 8.44. The third-order valence-corrected chi connectivity index (χ3v) is 4.66. The topological polar surface area (TPSA) is 107 Å². The van der Waals surface area contributed by atoms with Gasteiger partial charge in [-0.15, -0.1) is 0 Å². The van der Waals surface area contributed by atoms with Crippen LogP contribution in [0, 0.1) is 0 Å². The Labute approximate surface area is 181 Å². The molecule has 10 nitrogen and oxygen atoms in total. The van der Waals surface area contributed by atoms with E-state index in [1.807, 2.05) is 0 Å². The molecule has 0 aromatic carbocycles. The molecule has 0 saturated carbocycles. The second kappa shape index (κ2) is 8.84. The monoisotopic (exact) mass is 431 g/mol. The molecule has 3 rings (SSSR count). The van der Waals surface area contributed by atoms with Crippen LogP contribution in [-0.2, 0) is 23.6 Å². The van der Waals surface area contributed by atoms with Gasteiger partial charge in [-0.3, -0.25) is 14.9 Å². The van der Waals surface area contributed by atoms with Gasteiger partial charge in [-0.05, 0) is 32.9 Å². The van der Waals surface area contributed by atoms with Gasteiger partial charge < -0.3 is 28.8 Å². The van der Waals surface area contributed by atoms with Crippen molar-refractivity contribution in [1.29, 1.82) is 0 Å². The van der Waals surface area contributed by atoms with Gasteiger partial charge in [-0.1, -0.05) is 0 Å². The molecule has 1 aliphatic heterocycles. The van der Waals surface area contributed by atoms with Crippen LogP contribution in [0.2, 0.25) is 0 Å². The fraction of sp³-hybridized carbons (Fsp3) is 0.476. The highest BCUT2D eigenvalue weighted by atomic mass is 16.6. The Morgan fingerprint density at radius 3 is 2.10 bits per heavy atom. The molecule has 0 bridgehead atoms. The Hall–Kier alpha value is -3.27. The summed E-state index contributed by atoms with van der Waals surface area (Å²) < 4.78 is 13.8. The smallest absolute Gasteiger partial charge is 0.412 e. The van der Waals surface area contributed by atoms with Gasteiger partial charge in [-0.2, -0.15) is 0 Å². The number of carbonyl (C=O) groups excluding carboxylic acids is 3. The average molecular weight is 431 g/mol. The van der Waals surface area contributed by atoms with Gasteiger partial charge in [0.2, 0.25) is 0 Å². The molecular weight excluding hydrogens is 402 g/mol. The van der Waals surface area contributed by atoms with Crippen LogP contribution >= 0.6 is 0 Å². The molecule has 1 aliphatic rings. The molecule has 2 N–H and O–H groups in total. The van der Waals surface area contributed by atoms with Crippen LogP contribution in [-0.4, -0.2) is 63.8 Å². The molecule has 3 amide bonds. The minimum Gasteiger partial charge on any atom is -0.444 e. The number of anilines is 2. The minimum absolute atomic E-state index is 0.103. The number of hydrogen-bond acceptors (Lipinski definition) is 5. The number of carbonyl (C=O) groups is 3. The Morgan fingerprint density at radius 1 is 0.935 bits per heavy atom. The maximum atomic E-state index is 12.8. The Bertz CT molecular complexity index is 979. The molecular formula is C21H29N5O5. The van der Waals surface area contributed by atoms with Crippen molar-refractivity contribution in [3.05, 3.63) is 35.9 Å². The quantitative estimate of drug-likeness (QED) is 0.773. The molecule has 0 radical (unpaired) electrons. The van der Waals surface area contributed by atoms with Crippen LogP contribution < -0.4 is 10.6 Å². The van der Waals surface area contributed by atoms with Crippen molar-refractivity contribution in [3.63, 3.8) is 0 Å². The molecule has 1 saturated heterocycles. The lowest BCUT2D eigenvalue weighted by Crippen LogP contribution is -2.41. The summed E-state index contributed by atoms with van der Waals surface area (Å²) in [5, 5.41) is 5.42. The Morgan fingerprint density at radius 2 is 1.48 bits per heavy atom. The zero-order valence-corrected chi connectivity index (χ0v) is 18.5. The minimum atomic E-state index is -0.622. The number of nitrogens with zero attached hydrogens (tertiary/aromatic N) is 3. The highest BCUT2D eigenvalue weighted by Gasteiger charge is 2.23. The fourth-order valence-electron chi connectivity index (χ4n) is 3.25. The van der Waals surface area contributed by atoms with Crippen molar-refractivity contribution in [2.45, 2.75) is 26.4 Å². The number of aromatic nitrogens is 2. The summed E-state index contributed by atoms with van der Waals surface area (Å²) in [7, 11) is 3.46. The highest BCUT2D eigenvalue weighted by Crippen LogP contribution is 2.19. The maximum absolute atomic E-state index is 12.8. The Balaban J connectivity index is 1.67. The van der Waals surface area contributed by atoms with Crippen LogP contribution in [0.15, 0.2) is 24.5 Å². The molecule has 0 aliphatic carbocycles. The summed E-state index contributed by atoms with van der Waals surface area (Å²) in [4.78, 5) is 39.2. The number of ether oxygens (including phenoxy) is 2. The molecule has 0 spiro atoms. The van der Waals surface area contributed by atoms with Crippen molar-refractivity contribution < 1.29 is 23.9 Å². The number of amides is 3. The second-order valence-electron chi connectivity index (χ2n) is 8.44. The van der Waals surface area contributed by atoms with Crippen LogP contribution in [0.25, 0.3) is 0 Å². The highest BCUT2D eigenvalue weighted by molar-refractivity contribution is 6.05. The first kappa shape index (κ1) is 22.4. The summed E-state index contributed by atoms with van der Waals surface area (Å²) in [6.07, 6.45) is 2.71. The number of hydrogen-bond donors (Lipinski definition) is 2. The molecule has 31 heavy (non-hydrogen) atoms. The van der Waals surface area contributed by atoms with Gasteiger partial charge in [0.1, 0.15) is 17.0 Å². The fourth-order valence-corrected chi connectivity index (χ4v) is 3.25. The largest absolute Gasteiger partial charge is 0.444 e. The summed E-state index contributed by atoms with van der Waals surface area (Å²) in [5.41, 5.74) is 1.15. The van der Waals surface area contributed by atoms with Crippen LogP contribution in [0.1, 0.15) is 41.7 Å². The van der Waals surface area contributed by atoms with E-state index in [0.717, 1.165) is 0 Å². The SMILES string of the molecule is Cn1cc(NC(=O)OC(C)(C)C)cc1C(=O)Nc1cc(C(=O)N2CCOCC2)n(C)c1. The predicted molar refractivity (Wildman–Crippen MR) is 115 cm³/mol. The molecule has 1 fully saturated rings. The molecule has 3 heterocycles. The number of nitrogens with one attached hydrogen (secondary N) is 2. The van der Waals surface area contributed by atoms with Gasteiger partial charge in [0.25, 0.3) is 11.8 Å². The lowest BCUT2D eigenvalue weighted by atomic mass is 10.2. The summed E-state index contributed by atoms with van der Waals surface area (Å²) >= 11 is 0. The van der Waals surface area contributed by atoms with Crippen LogP contribution in [0.5, 0.6) is 0 Å². The first-order valence-corrected chi connectivity index (χ1v) is 10.0. The zero-order chi connectivity index (χ0) is 22.8. The van der Waals surface area contributed by atoms with Crippen molar-refractivity contribution in [1.82, 2.24) is 14.0 Å². The lowest BCUT2D eigenvalue weighted by Gasteiger charge is -2.26. The van der Waals surface area contributed by atoms with Gasteiger partial charge in [0.15, 0.2) is 0 Å². The van der Waals surface area contributed by atoms with E-state index in [1.165, 1.54) is 0 Å². The molecule has 10 heteroatoms. The van der Waals surface area contributed by atoms with Gasteiger partial charge >= 0.3 is 6.09 Å². The molecule has 168 valence electrons. The molecule has 2 aromatic heterocycles. The summed E-state index contributed by atoms with van der Waals surface area (Å²) in [6, 6.07) is 3.21. The summed E-state index contributed by atoms with van der Waals surface area (Å²) in [6.45, 7) is 7.45. The number of morpholine rings is 1. The average Bonchev–Trinajstić information content (AvgIpc) is 3.22. The predicted octanol–water partition coefficient (Wildman–Crippen LogP) is 2.44.